The van der Waals surface area contributed by atoms with Crippen molar-refractivity contribution in [1.29, 1.82) is 0 Å². The van der Waals surface area contributed by atoms with Crippen LogP contribution in [0.3, 0.4) is 0 Å². The van der Waals surface area contributed by atoms with Gasteiger partial charge in [-0.25, -0.2) is 0 Å². The van der Waals surface area contributed by atoms with Crippen LogP contribution in [0.25, 0.3) is 0 Å². The molecule has 0 saturated carbocycles. The van der Waals surface area contributed by atoms with Crippen LogP contribution in [0.15, 0.2) is 18.2 Å². The normalized spacial score (nSPS) is 12.3. The molecule has 0 aliphatic carbocycles. The van der Waals surface area contributed by atoms with Gasteiger partial charge in [0, 0.05) is 6.07 Å². The van der Waals surface area contributed by atoms with E-state index in [2.05, 4.69) is 33.9 Å². The summed E-state index contributed by atoms with van der Waals surface area (Å²) in [4.78, 5) is 10.5. The van der Waals surface area contributed by atoms with Gasteiger partial charge in [0.1, 0.15) is 9.32 Å². The van der Waals surface area contributed by atoms with Gasteiger partial charge in [-0.3, -0.25) is 10.1 Å². The van der Waals surface area contributed by atoms with E-state index in [0.29, 0.717) is 9.32 Å². The van der Waals surface area contributed by atoms with E-state index in [1.54, 1.807) is 12.1 Å². The number of benzene rings is 1. The Hall–Kier alpha value is -0.633. The lowest BCUT2D eigenvalue weighted by Gasteiger charge is -2.36. The molecular weight excluding hydrogens is 361 g/mol. The van der Waals surface area contributed by atoms with Crippen LogP contribution in [0.1, 0.15) is 20.8 Å². The minimum Gasteiger partial charge on any atom is -0.543 e. The molecule has 0 saturated heterocycles. The Kier molecular flexibility index (Phi) is 4.42. The third-order valence-corrected chi connectivity index (χ3v) is 8.74. The first-order valence-corrected chi connectivity index (χ1v) is 9.67. The van der Waals surface area contributed by atoms with Crippen molar-refractivity contribution in [3.05, 3.63) is 31.9 Å². The van der Waals surface area contributed by atoms with E-state index >= 15 is 0 Å². The summed E-state index contributed by atoms with van der Waals surface area (Å²) in [6.07, 6.45) is 0. The molecule has 4 nitrogen and oxygen atoms in total. The largest absolute Gasteiger partial charge is 0.543 e. The summed E-state index contributed by atoms with van der Waals surface area (Å²) in [5.41, 5.74) is 0.104. The molecule has 100 valence electrons. The maximum atomic E-state index is 10.9. The van der Waals surface area contributed by atoms with Crippen molar-refractivity contribution in [3.8, 4) is 5.75 Å². The van der Waals surface area contributed by atoms with Gasteiger partial charge in [0.2, 0.25) is 0 Å². The van der Waals surface area contributed by atoms with E-state index < -0.39 is 8.32 Å². The number of hydrogen-bond donors (Lipinski definition) is 0. The predicted molar refractivity (Wildman–Crippen MR) is 83.6 cm³/mol. The zero-order valence-corrected chi connectivity index (χ0v) is 14.4. The fourth-order valence-electron chi connectivity index (χ4n) is 1.15. The van der Waals surface area contributed by atoms with Crippen LogP contribution in [0.5, 0.6) is 5.75 Å². The fraction of sp³-hybridized carbons (Fsp3) is 0.500. The van der Waals surface area contributed by atoms with Crippen LogP contribution in [-0.2, 0) is 0 Å². The van der Waals surface area contributed by atoms with Gasteiger partial charge in [0.25, 0.3) is 14.0 Å². The molecule has 0 atom stereocenters. The van der Waals surface area contributed by atoms with Crippen LogP contribution >= 0.6 is 22.6 Å². The van der Waals surface area contributed by atoms with Crippen molar-refractivity contribution in [2.75, 3.05) is 0 Å². The van der Waals surface area contributed by atoms with Crippen molar-refractivity contribution in [3.63, 3.8) is 0 Å². The minimum absolute atomic E-state index is 0.0701. The molecule has 0 aliphatic rings. The molecule has 1 aromatic rings. The molecule has 0 unspecified atom stereocenters. The maximum absolute atomic E-state index is 10.9. The first-order valence-electron chi connectivity index (χ1n) is 5.68. The molecule has 0 aromatic heterocycles. The van der Waals surface area contributed by atoms with Gasteiger partial charge >= 0.3 is 0 Å². The molecule has 0 fully saturated rings. The summed E-state index contributed by atoms with van der Waals surface area (Å²) in [7, 11) is -1.96. The first kappa shape index (κ1) is 15.4. The lowest BCUT2D eigenvalue weighted by atomic mass is 10.2. The van der Waals surface area contributed by atoms with Gasteiger partial charge in [0.05, 0.1) is 4.92 Å². The molecular formula is C12H18INO3Si. The average Bonchev–Trinajstić information content (AvgIpc) is 2.18. The summed E-state index contributed by atoms with van der Waals surface area (Å²) in [5.74, 6) is 0.622. The Labute approximate surface area is 122 Å². The Bertz CT molecular complexity index is 469. The molecule has 0 heterocycles. The molecule has 18 heavy (non-hydrogen) atoms. The van der Waals surface area contributed by atoms with Gasteiger partial charge in [-0.15, -0.1) is 0 Å². The monoisotopic (exact) mass is 379 g/mol. The SMILES string of the molecule is CC(C)(C)[Si](C)(C)Oc1cccc([N+](=O)[O-])c1I. The second-order valence-corrected chi connectivity index (χ2v) is 11.5. The van der Waals surface area contributed by atoms with E-state index in [-0.39, 0.29) is 15.6 Å². The minimum atomic E-state index is -1.96. The molecule has 0 bridgehead atoms. The third-order valence-electron chi connectivity index (χ3n) is 3.31. The third kappa shape index (κ3) is 3.22. The molecule has 1 rings (SSSR count). The first-order chi connectivity index (χ1) is 8.06. The Balaban J connectivity index is 3.14. The summed E-state index contributed by atoms with van der Waals surface area (Å²) in [6, 6.07) is 4.97. The van der Waals surface area contributed by atoms with Crippen LogP contribution in [0.2, 0.25) is 18.1 Å². The topological polar surface area (TPSA) is 52.4 Å². The van der Waals surface area contributed by atoms with E-state index in [0.717, 1.165) is 0 Å². The lowest BCUT2D eigenvalue weighted by molar-refractivity contribution is -0.385. The highest BCUT2D eigenvalue weighted by atomic mass is 127. The van der Waals surface area contributed by atoms with Crippen molar-refractivity contribution in [2.24, 2.45) is 0 Å². The number of rotatable bonds is 3. The summed E-state index contributed by atoms with van der Waals surface area (Å²) >= 11 is 1.98. The Morgan fingerprint density at radius 3 is 2.33 bits per heavy atom. The quantitative estimate of drug-likeness (QED) is 0.334. The summed E-state index contributed by atoms with van der Waals surface area (Å²) in [5, 5.41) is 11.0. The average molecular weight is 379 g/mol. The van der Waals surface area contributed by atoms with E-state index in [4.69, 9.17) is 4.43 Å². The highest BCUT2D eigenvalue weighted by Gasteiger charge is 2.39. The molecule has 0 aliphatic heterocycles. The van der Waals surface area contributed by atoms with Crippen molar-refractivity contribution in [1.82, 2.24) is 0 Å². The van der Waals surface area contributed by atoms with Gasteiger partial charge in [0.15, 0.2) is 0 Å². The number of nitro groups is 1. The van der Waals surface area contributed by atoms with Gasteiger partial charge < -0.3 is 4.43 Å². The van der Waals surface area contributed by atoms with Crippen LogP contribution in [0.4, 0.5) is 5.69 Å². The summed E-state index contributed by atoms with van der Waals surface area (Å²) in [6.45, 7) is 10.7. The molecule has 0 spiro atoms. The molecule has 0 amide bonds. The Morgan fingerprint density at radius 2 is 1.89 bits per heavy atom. The van der Waals surface area contributed by atoms with Gasteiger partial charge in [-0.1, -0.05) is 26.8 Å². The zero-order chi connectivity index (χ0) is 14.1. The van der Waals surface area contributed by atoms with E-state index in [1.807, 2.05) is 22.6 Å². The molecule has 0 N–H and O–H groups in total. The van der Waals surface area contributed by atoms with Crippen molar-refractivity contribution >= 4 is 36.6 Å². The molecule has 1 aromatic carbocycles. The zero-order valence-electron chi connectivity index (χ0n) is 11.3. The number of hydrogen-bond acceptors (Lipinski definition) is 3. The van der Waals surface area contributed by atoms with E-state index in [1.165, 1.54) is 6.07 Å². The van der Waals surface area contributed by atoms with Crippen LogP contribution in [-0.4, -0.2) is 13.2 Å². The number of halogens is 1. The highest BCUT2D eigenvalue weighted by Crippen LogP contribution is 2.39. The number of nitrogens with zero attached hydrogens (tertiary/aromatic N) is 1. The maximum Gasteiger partial charge on any atom is 0.286 e. The Morgan fingerprint density at radius 1 is 1.33 bits per heavy atom. The van der Waals surface area contributed by atoms with Gasteiger partial charge in [-0.2, -0.15) is 0 Å². The number of nitro benzene ring substituents is 1. The van der Waals surface area contributed by atoms with Crippen molar-refractivity contribution < 1.29 is 9.35 Å². The second-order valence-electron chi connectivity index (χ2n) is 5.71. The standard InChI is InChI=1S/C12H18INO3Si/c1-12(2,3)18(4,5)17-10-8-6-7-9(11(10)13)14(15)16/h6-8H,1-5H3. The highest BCUT2D eigenvalue weighted by molar-refractivity contribution is 14.1. The predicted octanol–water partition coefficient (Wildman–Crippen LogP) is 4.58. The smallest absolute Gasteiger partial charge is 0.286 e. The van der Waals surface area contributed by atoms with E-state index in [9.17, 15) is 10.1 Å². The van der Waals surface area contributed by atoms with Crippen LogP contribution < -0.4 is 4.43 Å². The van der Waals surface area contributed by atoms with Gasteiger partial charge in [-0.05, 0) is 46.8 Å². The van der Waals surface area contributed by atoms with Crippen molar-refractivity contribution in [2.45, 2.75) is 38.9 Å². The molecule has 6 heteroatoms. The van der Waals surface area contributed by atoms with Crippen LogP contribution in [0, 0.1) is 13.7 Å². The summed E-state index contributed by atoms with van der Waals surface area (Å²) < 4.78 is 6.69. The molecule has 0 radical (unpaired) electrons. The fourth-order valence-corrected chi connectivity index (χ4v) is 3.05. The second kappa shape index (κ2) is 5.16. The lowest BCUT2D eigenvalue weighted by Crippen LogP contribution is -2.44.